The molecule has 37 heavy (non-hydrogen) atoms. The highest BCUT2D eigenvalue weighted by Gasteiger charge is 2.23. The van der Waals surface area contributed by atoms with Crippen LogP contribution in [0.3, 0.4) is 0 Å². The molecule has 1 aromatic heterocycles. The molecule has 2 N–H and O–H groups in total. The average Bonchev–Trinajstić information content (AvgIpc) is 2.86. The van der Waals surface area contributed by atoms with Gasteiger partial charge in [-0.2, -0.15) is 5.26 Å². The number of amides is 2. The van der Waals surface area contributed by atoms with Gasteiger partial charge in [-0.3, -0.25) is 9.88 Å². The SMILES string of the molecule is COCCOc1cc2nccc(Oc3ccc(N(C(N)=O)c4ccc(F)cc4F)c(F)c3)c2cc1C#N. The number of nitrogens with two attached hydrogens (primary N) is 1. The summed E-state index contributed by atoms with van der Waals surface area (Å²) in [6.07, 6.45) is 1.47. The number of urea groups is 1. The molecule has 4 aromatic rings. The van der Waals surface area contributed by atoms with Crippen molar-refractivity contribution in [1.82, 2.24) is 4.98 Å². The van der Waals surface area contributed by atoms with Gasteiger partial charge in [0.25, 0.3) is 0 Å². The van der Waals surface area contributed by atoms with Gasteiger partial charge in [-0.15, -0.1) is 0 Å². The number of carbonyl (C=O) groups excluding carboxylic acids is 1. The van der Waals surface area contributed by atoms with Gasteiger partial charge in [0.15, 0.2) is 5.82 Å². The third-order valence-corrected chi connectivity index (χ3v) is 5.23. The summed E-state index contributed by atoms with van der Waals surface area (Å²) in [6, 6.07) is 11.5. The second kappa shape index (κ2) is 10.8. The molecule has 0 saturated carbocycles. The second-order valence-corrected chi connectivity index (χ2v) is 7.61. The Morgan fingerprint density at radius 3 is 2.38 bits per heavy atom. The largest absolute Gasteiger partial charge is 0.490 e. The highest BCUT2D eigenvalue weighted by Crippen LogP contribution is 2.36. The van der Waals surface area contributed by atoms with Gasteiger partial charge < -0.3 is 19.9 Å². The summed E-state index contributed by atoms with van der Waals surface area (Å²) in [5.74, 6) is -2.28. The van der Waals surface area contributed by atoms with Crippen LogP contribution in [0.15, 0.2) is 60.8 Å². The third kappa shape index (κ3) is 5.39. The summed E-state index contributed by atoms with van der Waals surface area (Å²) in [7, 11) is 1.53. The maximum atomic E-state index is 15.1. The summed E-state index contributed by atoms with van der Waals surface area (Å²) in [5.41, 5.74) is 5.27. The number of ether oxygens (including phenoxy) is 3. The van der Waals surface area contributed by atoms with Crippen molar-refractivity contribution >= 4 is 28.3 Å². The molecule has 2 amide bonds. The van der Waals surface area contributed by atoms with E-state index in [0.29, 0.717) is 34.2 Å². The monoisotopic (exact) mass is 508 g/mol. The van der Waals surface area contributed by atoms with Crippen molar-refractivity contribution in [2.75, 3.05) is 25.2 Å². The van der Waals surface area contributed by atoms with Gasteiger partial charge in [0.2, 0.25) is 0 Å². The second-order valence-electron chi connectivity index (χ2n) is 7.61. The maximum absolute atomic E-state index is 15.1. The molecule has 11 heteroatoms. The van der Waals surface area contributed by atoms with Crippen LogP contribution in [-0.4, -0.2) is 31.3 Å². The van der Waals surface area contributed by atoms with Crippen molar-refractivity contribution in [2.45, 2.75) is 0 Å². The molecular weight excluding hydrogens is 489 g/mol. The van der Waals surface area contributed by atoms with Gasteiger partial charge in [-0.05, 0) is 36.4 Å². The quantitative estimate of drug-likeness (QED) is 0.312. The van der Waals surface area contributed by atoms with E-state index in [9.17, 15) is 18.8 Å². The van der Waals surface area contributed by atoms with Crippen LogP contribution < -0.4 is 20.1 Å². The molecule has 0 fully saturated rings. The molecule has 0 aliphatic heterocycles. The predicted octanol–water partition coefficient (Wildman–Crippen LogP) is 5.56. The molecule has 0 radical (unpaired) electrons. The first kappa shape index (κ1) is 25.3. The Hall–Kier alpha value is -4.82. The van der Waals surface area contributed by atoms with Gasteiger partial charge in [-0.25, -0.2) is 18.0 Å². The van der Waals surface area contributed by atoms with E-state index in [1.54, 1.807) is 6.07 Å². The number of benzene rings is 3. The van der Waals surface area contributed by atoms with E-state index in [1.807, 2.05) is 0 Å². The molecule has 0 aliphatic rings. The minimum Gasteiger partial charge on any atom is -0.490 e. The van der Waals surface area contributed by atoms with Gasteiger partial charge in [0.05, 0.1) is 29.1 Å². The van der Waals surface area contributed by atoms with Crippen LogP contribution in [0, 0.1) is 28.8 Å². The van der Waals surface area contributed by atoms with E-state index in [0.717, 1.165) is 18.2 Å². The number of hydrogen-bond acceptors (Lipinski definition) is 6. The number of nitrogens with zero attached hydrogens (tertiary/aromatic N) is 3. The number of methoxy groups -OCH3 is 1. The number of fused-ring (bicyclic) bond motifs is 1. The molecular formula is C26H19F3N4O4. The lowest BCUT2D eigenvalue weighted by Crippen LogP contribution is -2.32. The average molecular weight is 508 g/mol. The fourth-order valence-electron chi connectivity index (χ4n) is 3.57. The summed E-state index contributed by atoms with van der Waals surface area (Å²) in [4.78, 5) is 16.9. The first-order chi connectivity index (χ1) is 17.8. The van der Waals surface area contributed by atoms with Crippen molar-refractivity contribution in [3.05, 3.63) is 83.8 Å². The van der Waals surface area contributed by atoms with E-state index < -0.39 is 29.2 Å². The Morgan fingerprint density at radius 1 is 1.00 bits per heavy atom. The summed E-state index contributed by atoms with van der Waals surface area (Å²) in [6.45, 7) is 0.574. The van der Waals surface area contributed by atoms with Crippen LogP contribution in [-0.2, 0) is 4.74 Å². The predicted molar refractivity (Wildman–Crippen MR) is 128 cm³/mol. The Morgan fingerprint density at radius 2 is 1.73 bits per heavy atom. The van der Waals surface area contributed by atoms with E-state index in [2.05, 4.69) is 11.1 Å². The van der Waals surface area contributed by atoms with Crippen molar-refractivity contribution in [3.63, 3.8) is 0 Å². The Balaban J connectivity index is 1.67. The van der Waals surface area contributed by atoms with Crippen molar-refractivity contribution in [1.29, 1.82) is 5.26 Å². The van der Waals surface area contributed by atoms with Crippen LogP contribution in [0.4, 0.5) is 29.3 Å². The van der Waals surface area contributed by atoms with Crippen LogP contribution in [0.2, 0.25) is 0 Å². The van der Waals surface area contributed by atoms with E-state index in [1.165, 1.54) is 37.6 Å². The lowest BCUT2D eigenvalue weighted by Gasteiger charge is -2.22. The Kier molecular flexibility index (Phi) is 7.41. The first-order valence-electron chi connectivity index (χ1n) is 10.8. The fraction of sp³-hybridized carbons (Fsp3) is 0.115. The maximum Gasteiger partial charge on any atom is 0.324 e. The molecule has 3 aromatic carbocycles. The van der Waals surface area contributed by atoms with Crippen molar-refractivity contribution < 1.29 is 32.2 Å². The zero-order chi connectivity index (χ0) is 26.5. The molecule has 188 valence electrons. The van der Waals surface area contributed by atoms with E-state index in [-0.39, 0.29) is 29.4 Å². The third-order valence-electron chi connectivity index (χ3n) is 5.23. The number of anilines is 2. The van der Waals surface area contributed by atoms with Gasteiger partial charge in [0.1, 0.15) is 41.6 Å². The number of nitriles is 1. The molecule has 0 saturated heterocycles. The number of hydrogen-bond donors (Lipinski definition) is 1. The van der Waals surface area contributed by atoms with Gasteiger partial charge in [0, 0.05) is 36.9 Å². The van der Waals surface area contributed by atoms with E-state index in [4.69, 9.17) is 19.9 Å². The molecule has 0 atom stereocenters. The number of pyridine rings is 1. The summed E-state index contributed by atoms with van der Waals surface area (Å²) >= 11 is 0. The highest BCUT2D eigenvalue weighted by molar-refractivity contribution is 5.98. The zero-order valence-electron chi connectivity index (χ0n) is 19.4. The standard InChI is InChI=1S/C26H19F3N4O4/c1-35-8-9-36-25-13-21-18(10-15(25)14-30)24(6-7-32-21)37-17-3-5-23(20(29)12-17)33(26(31)34)22-4-2-16(27)11-19(22)28/h2-7,10-13H,8-9H2,1H3,(H2,31,34). The number of halogens is 3. The number of rotatable bonds is 8. The number of aromatic nitrogens is 1. The fourth-order valence-corrected chi connectivity index (χ4v) is 3.57. The van der Waals surface area contributed by atoms with Crippen molar-refractivity contribution in [3.8, 4) is 23.3 Å². The molecule has 0 unspecified atom stereocenters. The highest BCUT2D eigenvalue weighted by atomic mass is 19.1. The van der Waals surface area contributed by atoms with Crippen LogP contribution in [0.25, 0.3) is 10.9 Å². The number of primary amides is 1. The normalized spacial score (nSPS) is 10.7. The molecule has 0 bridgehead atoms. The molecule has 4 rings (SSSR count). The number of carbonyl (C=O) groups is 1. The molecule has 1 heterocycles. The molecule has 0 aliphatic carbocycles. The molecule has 0 spiro atoms. The smallest absolute Gasteiger partial charge is 0.324 e. The van der Waals surface area contributed by atoms with Crippen LogP contribution >= 0.6 is 0 Å². The van der Waals surface area contributed by atoms with Gasteiger partial charge >= 0.3 is 6.03 Å². The summed E-state index contributed by atoms with van der Waals surface area (Å²) in [5, 5.41) is 10.0. The lowest BCUT2D eigenvalue weighted by molar-refractivity contribution is 0.146. The van der Waals surface area contributed by atoms with Crippen LogP contribution in [0.1, 0.15) is 5.56 Å². The lowest BCUT2D eigenvalue weighted by atomic mass is 10.1. The summed E-state index contributed by atoms with van der Waals surface area (Å²) < 4.78 is 59.1. The zero-order valence-corrected chi connectivity index (χ0v) is 19.4. The van der Waals surface area contributed by atoms with Gasteiger partial charge in [-0.1, -0.05) is 0 Å². The topological polar surface area (TPSA) is 111 Å². The van der Waals surface area contributed by atoms with Crippen molar-refractivity contribution in [2.24, 2.45) is 5.73 Å². The Labute approximate surface area is 209 Å². The minimum absolute atomic E-state index is 0.0386. The molecule has 8 nitrogen and oxygen atoms in total. The first-order valence-corrected chi connectivity index (χ1v) is 10.8. The minimum atomic E-state index is -1.18. The van der Waals surface area contributed by atoms with Crippen LogP contribution in [0.5, 0.6) is 17.2 Å². The van der Waals surface area contributed by atoms with E-state index >= 15 is 4.39 Å². The Bertz CT molecular complexity index is 1520.